The predicted octanol–water partition coefficient (Wildman–Crippen LogP) is 4.59. The van der Waals surface area contributed by atoms with E-state index >= 15 is 0 Å². The zero-order valence-electron chi connectivity index (χ0n) is 21.6. The molecule has 2 aromatic heterocycles. The number of likely N-dealkylation sites (tertiary alicyclic amines) is 1. The summed E-state index contributed by atoms with van der Waals surface area (Å²) >= 11 is 0. The largest absolute Gasteiger partial charge is 0.493 e. The molecule has 3 heterocycles. The summed E-state index contributed by atoms with van der Waals surface area (Å²) in [4.78, 5) is 39.4. The second-order valence-electron chi connectivity index (χ2n) is 10.5. The van der Waals surface area contributed by atoms with Gasteiger partial charge in [0.2, 0.25) is 5.91 Å². The van der Waals surface area contributed by atoms with Crippen LogP contribution in [0.2, 0.25) is 0 Å². The fraction of sp³-hybridized carbons (Fsp3) is 0.500. The molecule has 1 aliphatic carbocycles. The number of nitrogens with one attached hydrogen (secondary N) is 2. The number of piperidine rings is 1. The second kappa shape index (κ2) is 9.91. The average molecular weight is 490 g/mol. The minimum atomic E-state index is -0.147. The highest BCUT2D eigenvalue weighted by atomic mass is 16.5. The van der Waals surface area contributed by atoms with E-state index in [1.54, 1.807) is 6.92 Å². The van der Waals surface area contributed by atoms with Crippen LogP contribution in [0.4, 0.5) is 0 Å². The second-order valence-corrected chi connectivity index (χ2v) is 10.5. The van der Waals surface area contributed by atoms with E-state index in [9.17, 15) is 9.59 Å². The first kappa shape index (κ1) is 24.3. The molecule has 0 radical (unpaired) electrons. The van der Waals surface area contributed by atoms with Gasteiger partial charge in [0, 0.05) is 37.3 Å². The van der Waals surface area contributed by atoms with Gasteiger partial charge in [-0.05, 0) is 62.1 Å². The number of amides is 2. The van der Waals surface area contributed by atoms with Crippen LogP contribution >= 0.6 is 0 Å². The van der Waals surface area contributed by atoms with Gasteiger partial charge in [0.1, 0.15) is 23.3 Å². The van der Waals surface area contributed by atoms with Gasteiger partial charge in [0.05, 0.1) is 17.7 Å². The zero-order chi connectivity index (χ0) is 25.4. The Bertz CT molecular complexity index is 1290. The number of aromatic amines is 1. The summed E-state index contributed by atoms with van der Waals surface area (Å²) in [6, 6.07) is 6.33. The van der Waals surface area contributed by atoms with Gasteiger partial charge >= 0.3 is 0 Å². The summed E-state index contributed by atoms with van der Waals surface area (Å²) in [6.45, 7) is 9.86. The number of H-pyrrole nitrogens is 1. The predicted molar refractivity (Wildman–Crippen MR) is 139 cm³/mol. The van der Waals surface area contributed by atoms with Crippen LogP contribution in [0.1, 0.15) is 74.0 Å². The molecule has 0 spiro atoms. The van der Waals surface area contributed by atoms with Crippen molar-refractivity contribution in [1.82, 2.24) is 25.2 Å². The Morgan fingerprint density at radius 2 is 1.92 bits per heavy atom. The van der Waals surface area contributed by atoms with Crippen molar-refractivity contribution in [1.29, 1.82) is 0 Å². The van der Waals surface area contributed by atoms with E-state index in [0.717, 1.165) is 41.1 Å². The normalized spacial score (nSPS) is 16.5. The van der Waals surface area contributed by atoms with E-state index in [0.29, 0.717) is 42.6 Å². The third kappa shape index (κ3) is 4.94. The molecular formula is C28H35N5O3. The van der Waals surface area contributed by atoms with Crippen LogP contribution in [0, 0.1) is 12.8 Å². The standard InChI is InChI=1S/C28H35N5O3/c1-16(2)20-7-8-23(36-14-19-5-6-19)22(13-20)25-27-26(30-15-29-25)24(17(3)31-27)28(35)32-21-9-11-33(12-10-21)18(4)34/h7-8,13,15-16,19,21,31H,5-6,9-12,14H2,1-4H3,(H,32,35). The van der Waals surface area contributed by atoms with Gasteiger partial charge in [0.15, 0.2) is 0 Å². The van der Waals surface area contributed by atoms with E-state index in [-0.39, 0.29) is 17.9 Å². The lowest BCUT2D eigenvalue weighted by molar-refractivity contribution is -0.129. The fourth-order valence-electron chi connectivity index (χ4n) is 4.91. The van der Waals surface area contributed by atoms with Crippen molar-refractivity contribution in [2.24, 2.45) is 5.92 Å². The first-order valence-electron chi connectivity index (χ1n) is 13.0. The van der Waals surface area contributed by atoms with Gasteiger partial charge in [-0.1, -0.05) is 19.9 Å². The number of rotatable bonds is 7. The SMILES string of the molecule is CC(=O)N1CCC(NC(=O)c2c(C)[nH]c3c(-c4cc(C(C)C)ccc4OCC4CC4)ncnc23)CC1. The molecule has 36 heavy (non-hydrogen) atoms. The van der Waals surface area contributed by atoms with Crippen LogP contribution in [-0.2, 0) is 4.79 Å². The van der Waals surface area contributed by atoms with Crippen LogP contribution in [-0.4, -0.2) is 57.4 Å². The van der Waals surface area contributed by atoms with Gasteiger partial charge < -0.3 is 19.9 Å². The maximum Gasteiger partial charge on any atom is 0.255 e. The van der Waals surface area contributed by atoms with Crippen molar-refractivity contribution in [3.05, 3.63) is 41.3 Å². The highest BCUT2D eigenvalue weighted by Gasteiger charge is 2.27. The van der Waals surface area contributed by atoms with Crippen molar-refractivity contribution in [2.75, 3.05) is 19.7 Å². The lowest BCUT2D eigenvalue weighted by Crippen LogP contribution is -2.46. The third-order valence-corrected chi connectivity index (χ3v) is 7.37. The molecule has 0 unspecified atom stereocenters. The molecule has 1 saturated carbocycles. The highest BCUT2D eigenvalue weighted by Crippen LogP contribution is 2.38. The number of hydrogen-bond donors (Lipinski definition) is 2. The number of carbonyl (C=O) groups excluding carboxylic acids is 2. The Morgan fingerprint density at radius 1 is 1.17 bits per heavy atom. The molecule has 1 saturated heterocycles. The number of nitrogens with zero attached hydrogens (tertiary/aromatic N) is 3. The average Bonchev–Trinajstić information content (AvgIpc) is 3.62. The van der Waals surface area contributed by atoms with E-state index in [1.807, 2.05) is 17.9 Å². The molecule has 8 nitrogen and oxygen atoms in total. The van der Waals surface area contributed by atoms with Gasteiger partial charge in [0.25, 0.3) is 5.91 Å². The molecule has 2 fully saturated rings. The highest BCUT2D eigenvalue weighted by molar-refractivity contribution is 6.09. The van der Waals surface area contributed by atoms with Crippen molar-refractivity contribution >= 4 is 22.8 Å². The summed E-state index contributed by atoms with van der Waals surface area (Å²) in [5.41, 5.74) is 5.51. The summed E-state index contributed by atoms with van der Waals surface area (Å²) in [5, 5.41) is 3.17. The number of fused-ring (bicyclic) bond motifs is 1. The number of carbonyl (C=O) groups is 2. The quantitative estimate of drug-likeness (QED) is 0.506. The van der Waals surface area contributed by atoms with Crippen LogP contribution in [0.15, 0.2) is 24.5 Å². The fourth-order valence-corrected chi connectivity index (χ4v) is 4.91. The van der Waals surface area contributed by atoms with Crippen LogP contribution < -0.4 is 10.1 Å². The van der Waals surface area contributed by atoms with Crippen LogP contribution in [0.3, 0.4) is 0 Å². The zero-order valence-corrected chi connectivity index (χ0v) is 21.6. The first-order chi connectivity index (χ1) is 17.3. The Balaban J connectivity index is 1.46. The number of aromatic nitrogens is 3. The Kier molecular flexibility index (Phi) is 6.69. The van der Waals surface area contributed by atoms with Crippen molar-refractivity contribution in [3.8, 4) is 17.0 Å². The molecule has 3 aromatic rings. The van der Waals surface area contributed by atoms with E-state index in [4.69, 9.17) is 4.74 Å². The lowest BCUT2D eigenvalue weighted by atomic mass is 9.98. The maximum absolute atomic E-state index is 13.4. The topological polar surface area (TPSA) is 100 Å². The summed E-state index contributed by atoms with van der Waals surface area (Å²) in [5.74, 6) is 1.74. The summed E-state index contributed by atoms with van der Waals surface area (Å²) in [7, 11) is 0. The Morgan fingerprint density at radius 3 is 2.58 bits per heavy atom. The molecular weight excluding hydrogens is 454 g/mol. The molecule has 1 aliphatic heterocycles. The molecule has 2 N–H and O–H groups in total. The molecule has 1 aromatic carbocycles. The minimum Gasteiger partial charge on any atom is -0.493 e. The number of aryl methyl sites for hydroxylation is 1. The number of benzene rings is 1. The number of hydrogen-bond acceptors (Lipinski definition) is 5. The molecule has 2 amide bonds. The smallest absolute Gasteiger partial charge is 0.255 e. The molecule has 2 aliphatic rings. The number of ether oxygens (including phenoxy) is 1. The van der Waals surface area contributed by atoms with Crippen molar-refractivity contribution < 1.29 is 14.3 Å². The van der Waals surface area contributed by atoms with Crippen molar-refractivity contribution in [3.63, 3.8) is 0 Å². The third-order valence-electron chi connectivity index (χ3n) is 7.37. The van der Waals surface area contributed by atoms with E-state index < -0.39 is 0 Å². The van der Waals surface area contributed by atoms with Gasteiger partial charge in [-0.25, -0.2) is 9.97 Å². The Hall–Kier alpha value is -3.42. The molecule has 5 rings (SSSR count). The van der Waals surface area contributed by atoms with Gasteiger partial charge in [-0.2, -0.15) is 0 Å². The lowest BCUT2D eigenvalue weighted by Gasteiger charge is -2.31. The summed E-state index contributed by atoms with van der Waals surface area (Å²) < 4.78 is 6.23. The maximum atomic E-state index is 13.4. The van der Waals surface area contributed by atoms with Crippen molar-refractivity contribution in [2.45, 2.75) is 65.3 Å². The molecule has 8 heteroatoms. The van der Waals surface area contributed by atoms with E-state index in [1.165, 1.54) is 24.7 Å². The first-order valence-corrected chi connectivity index (χ1v) is 13.0. The summed E-state index contributed by atoms with van der Waals surface area (Å²) in [6.07, 6.45) is 5.46. The monoisotopic (exact) mass is 489 g/mol. The molecule has 0 bridgehead atoms. The van der Waals surface area contributed by atoms with Gasteiger partial charge in [-0.3, -0.25) is 9.59 Å². The molecule has 0 atom stereocenters. The Labute approximate surface area is 211 Å². The van der Waals surface area contributed by atoms with Gasteiger partial charge in [-0.15, -0.1) is 0 Å². The van der Waals surface area contributed by atoms with E-state index in [2.05, 4.69) is 46.2 Å². The van der Waals surface area contributed by atoms with Crippen LogP contribution in [0.25, 0.3) is 22.3 Å². The minimum absolute atomic E-state index is 0.0314. The molecule has 190 valence electrons. The van der Waals surface area contributed by atoms with Crippen LogP contribution in [0.5, 0.6) is 5.75 Å².